The molecule has 0 spiro atoms. The summed E-state index contributed by atoms with van der Waals surface area (Å²) in [5.41, 5.74) is 2.17. The molecule has 1 atom stereocenters. The third kappa shape index (κ3) is 2.30. The molecule has 1 aromatic rings. The van der Waals surface area contributed by atoms with E-state index >= 15 is 0 Å². The van der Waals surface area contributed by atoms with Crippen LogP contribution < -0.4 is 4.90 Å². The van der Waals surface area contributed by atoms with Gasteiger partial charge in [-0.3, -0.25) is 0 Å². The van der Waals surface area contributed by atoms with Crippen molar-refractivity contribution in [1.82, 2.24) is 0 Å². The zero-order valence-corrected chi connectivity index (χ0v) is 9.02. The van der Waals surface area contributed by atoms with Crippen molar-refractivity contribution in [2.75, 3.05) is 25.1 Å². The zero-order chi connectivity index (χ0) is 10.7. The van der Waals surface area contributed by atoms with Gasteiger partial charge in [0.05, 0.1) is 12.7 Å². The fourth-order valence-corrected chi connectivity index (χ4v) is 1.97. The van der Waals surface area contributed by atoms with Gasteiger partial charge in [-0.25, -0.2) is 0 Å². The molecule has 0 aliphatic carbocycles. The topological polar surface area (TPSA) is 32.7 Å². The van der Waals surface area contributed by atoms with E-state index in [1.807, 2.05) is 12.1 Å². The van der Waals surface area contributed by atoms with Crippen LogP contribution in [0.5, 0.6) is 0 Å². The van der Waals surface area contributed by atoms with Crippen LogP contribution in [0.4, 0.5) is 5.69 Å². The molecule has 82 valence electrons. The predicted octanol–water partition coefficient (Wildman–Crippen LogP) is 1.40. The van der Waals surface area contributed by atoms with Crippen LogP contribution in [0.25, 0.3) is 0 Å². The van der Waals surface area contributed by atoms with Crippen LogP contribution >= 0.6 is 0 Å². The third-order valence-electron chi connectivity index (χ3n) is 2.96. The lowest BCUT2D eigenvalue weighted by molar-refractivity contribution is 0.121. The maximum absolute atomic E-state index is 8.94. The van der Waals surface area contributed by atoms with Gasteiger partial charge in [0, 0.05) is 25.9 Å². The number of methoxy groups -OCH3 is 1. The van der Waals surface area contributed by atoms with Gasteiger partial charge in [-0.05, 0) is 24.1 Å². The molecule has 1 aliphatic rings. The van der Waals surface area contributed by atoms with Crippen LogP contribution in [-0.4, -0.2) is 31.4 Å². The Morgan fingerprint density at radius 3 is 2.67 bits per heavy atom. The number of hydrogen-bond donors (Lipinski definition) is 1. The molecule has 1 aromatic carbocycles. The highest BCUT2D eigenvalue weighted by molar-refractivity contribution is 5.48. The normalized spacial score (nSPS) is 20.9. The molecule has 3 heteroatoms. The highest BCUT2D eigenvalue weighted by Gasteiger charge is 2.21. The first-order chi connectivity index (χ1) is 7.33. The molecule has 1 saturated heterocycles. The number of nitrogens with zero attached hydrogens (tertiary/aromatic N) is 1. The number of aliphatic hydroxyl groups is 1. The maximum Gasteiger partial charge on any atom is 0.0762 e. The third-order valence-corrected chi connectivity index (χ3v) is 2.96. The van der Waals surface area contributed by atoms with Crippen LogP contribution in [-0.2, 0) is 11.3 Å². The number of benzene rings is 1. The van der Waals surface area contributed by atoms with Crippen molar-refractivity contribution in [3.8, 4) is 0 Å². The van der Waals surface area contributed by atoms with E-state index < -0.39 is 0 Å². The summed E-state index contributed by atoms with van der Waals surface area (Å²) < 4.78 is 5.33. The molecular weight excluding hydrogens is 190 g/mol. The minimum absolute atomic E-state index is 0.112. The van der Waals surface area contributed by atoms with Crippen molar-refractivity contribution in [1.29, 1.82) is 0 Å². The van der Waals surface area contributed by atoms with Gasteiger partial charge in [0.1, 0.15) is 0 Å². The second kappa shape index (κ2) is 4.64. The fraction of sp³-hybridized carbons (Fsp3) is 0.500. The zero-order valence-electron chi connectivity index (χ0n) is 9.02. The Morgan fingerprint density at radius 2 is 2.13 bits per heavy atom. The lowest BCUT2D eigenvalue weighted by Gasteiger charge is -2.18. The standard InChI is InChI=1S/C12H17NO2/c1-15-12-6-7-13(8-12)11-4-2-10(9-14)3-5-11/h2-5,12,14H,6-9H2,1H3. The Balaban J connectivity index is 2.04. The van der Waals surface area contributed by atoms with Gasteiger partial charge >= 0.3 is 0 Å². The van der Waals surface area contributed by atoms with Crippen LogP contribution in [0.15, 0.2) is 24.3 Å². The molecule has 2 rings (SSSR count). The maximum atomic E-state index is 8.94. The molecule has 0 amide bonds. The summed E-state index contributed by atoms with van der Waals surface area (Å²) in [5, 5.41) is 8.94. The van der Waals surface area contributed by atoms with Gasteiger partial charge in [0.15, 0.2) is 0 Å². The number of anilines is 1. The van der Waals surface area contributed by atoms with Gasteiger partial charge in [0.25, 0.3) is 0 Å². The minimum Gasteiger partial charge on any atom is -0.392 e. The van der Waals surface area contributed by atoms with Crippen LogP contribution in [0, 0.1) is 0 Å². The summed E-state index contributed by atoms with van der Waals surface area (Å²) in [4.78, 5) is 2.31. The minimum atomic E-state index is 0.112. The summed E-state index contributed by atoms with van der Waals surface area (Å²) in [6, 6.07) is 8.05. The number of ether oxygens (including phenoxy) is 1. The van der Waals surface area contributed by atoms with Gasteiger partial charge in [0.2, 0.25) is 0 Å². The van der Waals surface area contributed by atoms with Gasteiger partial charge in [-0.1, -0.05) is 12.1 Å². The highest BCUT2D eigenvalue weighted by atomic mass is 16.5. The van der Waals surface area contributed by atoms with Gasteiger partial charge < -0.3 is 14.7 Å². The Kier molecular flexibility index (Phi) is 3.23. The lowest BCUT2D eigenvalue weighted by atomic mass is 10.2. The van der Waals surface area contributed by atoms with Crippen molar-refractivity contribution in [2.45, 2.75) is 19.1 Å². The Morgan fingerprint density at radius 1 is 1.40 bits per heavy atom. The van der Waals surface area contributed by atoms with Crippen molar-refractivity contribution in [2.24, 2.45) is 0 Å². The number of rotatable bonds is 3. The summed E-state index contributed by atoms with van der Waals surface area (Å²) in [5.74, 6) is 0. The van der Waals surface area contributed by atoms with E-state index in [-0.39, 0.29) is 6.61 Å². The first-order valence-corrected chi connectivity index (χ1v) is 5.31. The molecule has 1 N–H and O–H groups in total. The Labute approximate surface area is 90.3 Å². The summed E-state index contributed by atoms with van der Waals surface area (Å²) in [6.07, 6.45) is 1.46. The summed E-state index contributed by atoms with van der Waals surface area (Å²) in [7, 11) is 1.77. The van der Waals surface area contributed by atoms with Crippen LogP contribution in [0.3, 0.4) is 0 Å². The lowest BCUT2D eigenvalue weighted by Crippen LogP contribution is -2.21. The first-order valence-electron chi connectivity index (χ1n) is 5.31. The Bertz CT molecular complexity index is 310. The smallest absolute Gasteiger partial charge is 0.0762 e. The van der Waals surface area contributed by atoms with Crippen molar-refractivity contribution < 1.29 is 9.84 Å². The molecule has 0 radical (unpaired) electrons. The van der Waals surface area contributed by atoms with Crippen molar-refractivity contribution in [3.05, 3.63) is 29.8 Å². The van der Waals surface area contributed by atoms with E-state index in [2.05, 4.69) is 17.0 Å². The molecule has 0 saturated carbocycles. The highest BCUT2D eigenvalue weighted by Crippen LogP contribution is 2.21. The van der Waals surface area contributed by atoms with E-state index in [0.717, 1.165) is 25.1 Å². The molecular formula is C12H17NO2. The molecule has 1 aliphatic heterocycles. The van der Waals surface area contributed by atoms with Gasteiger partial charge in [-0.15, -0.1) is 0 Å². The van der Waals surface area contributed by atoms with Crippen LogP contribution in [0.2, 0.25) is 0 Å². The average molecular weight is 207 g/mol. The summed E-state index contributed by atoms with van der Waals surface area (Å²) in [6.45, 7) is 2.13. The quantitative estimate of drug-likeness (QED) is 0.813. The SMILES string of the molecule is COC1CCN(c2ccc(CO)cc2)C1. The first kappa shape index (κ1) is 10.5. The number of aliphatic hydroxyl groups excluding tert-OH is 1. The molecule has 1 heterocycles. The molecule has 0 bridgehead atoms. The monoisotopic (exact) mass is 207 g/mol. The molecule has 15 heavy (non-hydrogen) atoms. The number of hydrogen-bond acceptors (Lipinski definition) is 3. The molecule has 0 aromatic heterocycles. The van der Waals surface area contributed by atoms with E-state index in [0.29, 0.717) is 6.10 Å². The Hall–Kier alpha value is -1.06. The van der Waals surface area contributed by atoms with E-state index in [1.165, 1.54) is 5.69 Å². The van der Waals surface area contributed by atoms with Crippen molar-refractivity contribution >= 4 is 5.69 Å². The van der Waals surface area contributed by atoms with Crippen molar-refractivity contribution in [3.63, 3.8) is 0 Å². The largest absolute Gasteiger partial charge is 0.392 e. The second-order valence-corrected chi connectivity index (χ2v) is 3.92. The molecule has 1 fully saturated rings. The molecule has 3 nitrogen and oxygen atoms in total. The average Bonchev–Trinajstić information content (AvgIpc) is 2.78. The predicted molar refractivity (Wildman–Crippen MR) is 60.0 cm³/mol. The van der Waals surface area contributed by atoms with E-state index in [9.17, 15) is 0 Å². The van der Waals surface area contributed by atoms with Crippen LogP contribution in [0.1, 0.15) is 12.0 Å². The van der Waals surface area contributed by atoms with E-state index in [4.69, 9.17) is 9.84 Å². The molecule has 1 unspecified atom stereocenters. The summed E-state index contributed by atoms with van der Waals surface area (Å²) >= 11 is 0. The fourth-order valence-electron chi connectivity index (χ4n) is 1.97. The van der Waals surface area contributed by atoms with E-state index in [1.54, 1.807) is 7.11 Å². The van der Waals surface area contributed by atoms with Gasteiger partial charge in [-0.2, -0.15) is 0 Å². The second-order valence-electron chi connectivity index (χ2n) is 3.92.